The van der Waals surface area contributed by atoms with E-state index < -0.39 is 10.0 Å². The molecule has 1 fully saturated rings. The van der Waals surface area contributed by atoms with Crippen LogP contribution in [0.3, 0.4) is 0 Å². The van der Waals surface area contributed by atoms with Crippen LogP contribution in [-0.2, 0) is 14.8 Å². The van der Waals surface area contributed by atoms with Gasteiger partial charge in [-0.1, -0.05) is 13.3 Å². The predicted molar refractivity (Wildman–Crippen MR) is 69.0 cm³/mol. The number of unbranched alkanes of at least 4 members (excludes halogenated alkanes) is 1. The van der Waals surface area contributed by atoms with E-state index in [0.717, 1.165) is 19.4 Å². The van der Waals surface area contributed by atoms with Gasteiger partial charge in [0.1, 0.15) is 0 Å². The zero-order chi connectivity index (χ0) is 13.0. The minimum atomic E-state index is -3.24. The molecule has 2 heterocycles. The van der Waals surface area contributed by atoms with E-state index in [-0.39, 0.29) is 11.8 Å². The monoisotopic (exact) mass is 273 g/mol. The highest BCUT2D eigenvalue weighted by molar-refractivity contribution is 7.92. The molecule has 0 aromatic carbocycles. The highest BCUT2D eigenvalue weighted by atomic mass is 32.2. The molecule has 1 atom stereocenters. The zero-order valence-corrected chi connectivity index (χ0v) is 11.3. The molecule has 0 saturated carbocycles. The number of ether oxygens (including phenoxy) is 1. The first-order chi connectivity index (χ1) is 8.61. The summed E-state index contributed by atoms with van der Waals surface area (Å²) in [5, 5.41) is 4.17. The third-order valence-corrected chi connectivity index (χ3v) is 4.29. The summed E-state index contributed by atoms with van der Waals surface area (Å²) in [4.78, 5) is 0. The van der Waals surface area contributed by atoms with Crippen LogP contribution in [0.4, 0.5) is 5.69 Å². The molecule has 1 N–H and O–H groups in total. The number of hydrogen-bond donors (Lipinski definition) is 1. The minimum Gasteiger partial charge on any atom is -0.379 e. The molecule has 1 aliphatic rings. The van der Waals surface area contributed by atoms with E-state index >= 15 is 0 Å². The molecule has 1 saturated heterocycles. The van der Waals surface area contributed by atoms with Crippen LogP contribution < -0.4 is 4.72 Å². The Labute approximate surface area is 107 Å². The lowest BCUT2D eigenvalue weighted by Crippen LogP contribution is -2.16. The van der Waals surface area contributed by atoms with E-state index in [4.69, 9.17) is 4.74 Å². The molecule has 1 aromatic heterocycles. The Balaban J connectivity index is 1.97. The Hall–Kier alpha value is -1.08. The summed E-state index contributed by atoms with van der Waals surface area (Å²) in [7, 11) is -3.24. The Morgan fingerprint density at radius 2 is 2.44 bits per heavy atom. The van der Waals surface area contributed by atoms with Gasteiger partial charge in [-0.2, -0.15) is 5.10 Å². The second-order valence-corrected chi connectivity index (χ2v) is 6.34. The summed E-state index contributed by atoms with van der Waals surface area (Å²) in [6.07, 6.45) is 5.72. The first-order valence-corrected chi connectivity index (χ1v) is 7.88. The summed E-state index contributed by atoms with van der Waals surface area (Å²) in [6, 6.07) is 0.221. The van der Waals surface area contributed by atoms with Crippen molar-refractivity contribution in [1.82, 2.24) is 9.78 Å². The lowest BCUT2D eigenvalue weighted by Gasteiger charge is -2.07. The molecule has 18 heavy (non-hydrogen) atoms. The highest BCUT2D eigenvalue weighted by Crippen LogP contribution is 2.20. The number of nitrogens with zero attached hydrogens (tertiary/aromatic N) is 2. The Bertz CT molecular complexity index is 477. The van der Waals surface area contributed by atoms with Gasteiger partial charge < -0.3 is 4.74 Å². The SMILES string of the molecule is CCCCS(=O)(=O)Nc1cnn(C2CCOC2)c1. The van der Waals surface area contributed by atoms with E-state index in [1.54, 1.807) is 17.1 Å². The molecular formula is C11H19N3O3S. The largest absolute Gasteiger partial charge is 0.379 e. The van der Waals surface area contributed by atoms with Crippen LogP contribution in [0.5, 0.6) is 0 Å². The smallest absolute Gasteiger partial charge is 0.232 e. The van der Waals surface area contributed by atoms with Crippen LogP contribution in [0.15, 0.2) is 12.4 Å². The van der Waals surface area contributed by atoms with E-state index in [0.29, 0.717) is 18.7 Å². The van der Waals surface area contributed by atoms with Crippen LogP contribution in [0, 0.1) is 0 Å². The summed E-state index contributed by atoms with van der Waals surface area (Å²) in [6.45, 7) is 3.35. The van der Waals surface area contributed by atoms with Gasteiger partial charge in [0.2, 0.25) is 10.0 Å². The van der Waals surface area contributed by atoms with Crippen LogP contribution in [0.2, 0.25) is 0 Å². The third-order valence-electron chi connectivity index (χ3n) is 2.92. The van der Waals surface area contributed by atoms with Gasteiger partial charge in [-0.05, 0) is 12.8 Å². The Morgan fingerprint density at radius 3 is 3.11 bits per heavy atom. The molecule has 1 unspecified atom stereocenters. The predicted octanol–water partition coefficient (Wildman–Crippen LogP) is 1.39. The average molecular weight is 273 g/mol. The third kappa shape index (κ3) is 3.46. The van der Waals surface area contributed by atoms with Crippen molar-refractivity contribution in [3.8, 4) is 0 Å². The first-order valence-electron chi connectivity index (χ1n) is 6.23. The molecule has 6 nitrogen and oxygen atoms in total. The molecule has 0 aliphatic carbocycles. The topological polar surface area (TPSA) is 73.2 Å². The maximum Gasteiger partial charge on any atom is 0.232 e. The molecule has 0 spiro atoms. The quantitative estimate of drug-likeness (QED) is 0.850. The summed E-state index contributed by atoms with van der Waals surface area (Å²) in [5.41, 5.74) is 0.526. The van der Waals surface area contributed by atoms with Gasteiger partial charge >= 0.3 is 0 Å². The lowest BCUT2D eigenvalue weighted by atomic mass is 10.3. The molecule has 102 valence electrons. The van der Waals surface area contributed by atoms with Crippen LogP contribution in [0.1, 0.15) is 32.2 Å². The van der Waals surface area contributed by atoms with Crippen molar-refractivity contribution in [1.29, 1.82) is 0 Å². The van der Waals surface area contributed by atoms with Crippen molar-refractivity contribution in [2.45, 2.75) is 32.2 Å². The molecular weight excluding hydrogens is 254 g/mol. The van der Waals surface area contributed by atoms with Gasteiger partial charge in [-0.3, -0.25) is 9.40 Å². The lowest BCUT2D eigenvalue weighted by molar-refractivity contribution is 0.184. The van der Waals surface area contributed by atoms with E-state index in [2.05, 4.69) is 9.82 Å². The molecule has 1 aromatic rings. The molecule has 2 rings (SSSR count). The molecule has 0 radical (unpaired) electrons. The van der Waals surface area contributed by atoms with Gasteiger partial charge in [0.15, 0.2) is 0 Å². The highest BCUT2D eigenvalue weighted by Gasteiger charge is 2.19. The fraction of sp³-hybridized carbons (Fsp3) is 0.727. The number of sulfonamides is 1. The first kappa shape index (κ1) is 13.4. The molecule has 1 aliphatic heterocycles. The normalized spacial score (nSPS) is 20.2. The van der Waals surface area contributed by atoms with Crippen LogP contribution >= 0.6 is 0 Å². The van der Waals surface area contributed by atoms with Gasteiger partial charge in [0.05, 0.1) is 30.3 Å². The minimum absolute atomic E-state index is 0.154. The summed E-state index contributed by atoms with van der Waals surface area (Å²) < 4.78 is 33.0. The summed E-state index contributed by atoms with van der Waals surface area (Å²) in [5.74, 6) is 0.154. The van der Waals surface area contributed by atoms with Gasteiger partial charge in [0.25, 0.3) is 0 Å². The maximum absolute atomic E-state index is 11.7. The van der Waals surface area contributed by atoms with E-state index in [1.807, 2.05) is 6.92 Å². The number of anilines is 1. The number of rotatable bonds is 6. The fourth-order valence-electron chi connectivity index (χ4n) is 1.89. The van der Waals surface area contributed by atoms with Crippen molar-refractivity contribution in [2.75, 3.05) is 23.7 Å². The molecule has 7 heteroatoms. The zero-order valence-electron chi connectivity index (χ0n) is 10.5. The number of aromatic nitrogens is 2. The van der Waals surface area contributed by atoms with Crippen molar-refractivity contribution >= 4 is 15.7 Å². The van der Waals surface area contributed by atoms with Crippen molar-refractivity contribution in [2.24, 2.45) is 0 Å². The van der Waals surface area contributed by atoms with E-state index in [1.165, 1.54) is 0 Å². The van der Waals surface area contributed by atoms with Crippen LogP contribution in [-0.4, -0.2) is 37.2 Å². The number of hydrogen-bond acceptors (Lipinski definition) is 4. The van der Waals surface area contributed by atoms with Gasteiger partial charge in [-0.15, -0.1) is 0 Å². The summed E-state index contributed by atoms with van der Waals surface area (Å²) >= 11 is 0. The Morgan fingerprint density at radius 1 is 1.61 bits per heavy atom. The standard InChI is InChI=1S/C11H19N3O3S/c1-2-3-6-18(15,16)13-10-7-12-14(8-10)11-4-5-17-9-11/h7-8,11,13H,2-6,9H2,1H3. The maximum atomic E-state index is 11.7. The second kappa shape index (κ2) is 5.71. The van der Waals surface area contributed by atoms with Crippen molar-refractivity contribution < 1.29 is 13.2 Å². The Kier molecular flexibility index (Phi) is 4.23. The van der Waals surface area contributed by atoms with E-state index in [9.17, 15) is 8.42 Å². The van der Waals surface area contributed by atoms with Crippen LogP contribution in [0.25, 0.3) is 0 Å². The van der Waals surface area contributed by atoms with Crippen molar-refractivity contribution in [3.63, 3.8) is 0 Å². The van der Waals surface area contributed by atoms with Crippen molar-refractivity contribution in [3.05, 3.63) is 12.4 Å². The van der Waals surface area contributed by atoms with Gasteiger partial charge in [-0.25, -0.2) is 8.42 Å². The average Bonchev–Trinajstić information content (AvgIpc) is 2.95. The second-order valence-electron chi connectivity index (χ2n) is 4.50. The molecule has 0 amide bonds. The molecule has 0 bridgehead atoms. The number of nitrogens with one attached hydrogen (secondary N) is 1. The van der Waals surface area contributed by atoms with Gasteiger partial charge in [0, 0.05) is 12.8 Å². The fourth-order valence-corrected chi connectivity index (χ4v) is 3.12.